The van der Waals surface area contributed by atoms with Gasteiger partial charge in [-0.05, 0) is 47.5 Å². The molecule has 26 heavy (non-hydrogen) atoms. The molecule has 1 atom stereocenters. The van der Waals surface area contributed by atoms with E-state index in [4.69, 9.17) is 4.74 Å². The minimum atomic E-state index is -0.405. The van der Waals surface area contributed by atoms with Gasteiger partial charge in [0.05, 0.1) is 13.0 Å². The summed E-state index contributed by atoms with van der Waals surface area (Å²) in [5, 5.41) is 2.06. The van der Waals surface area contributed by atoms with Crippen LogP contribution in [0.25, 0.3) is 10.8 Å². The van der Waals surface area contributed by atoms with Crippen molar-refractivity contribution in [1.29, 1.82) is 0 Å². The first kappa shape index (κ1) is 17.5. The van der Waals surface area contributed by atoms with Crippen LogP contribution in [0, 0.1) is 0 Å². The molecule has 2 amide bonds. The van der Waals surface area contributed by atoms with Crippen LogP contribution in [0.15, 0.2) is 66.7 Å². The maximum atomic E-state index is 12.4. The van der Waals surface area contributed by atoms with Gasteiger partial charge in [0.15, 0.2) is 0 Å². The van der Waals surface area contributed by atoms with Crippen molar-refractivity contribution in [1.82, 2.24) is 10.9 Å². The quantitative estimate of drug-likeness (QED) is 0.710. The highest BCUT2D eigenvalue weighted by molar-refractivity contribution is 5.96. The molecule has 3 aromatic rings. The van der Waals surface area contributed by atoms with Crippen LogP contribution in [0.3, 0.4) is 0 Å². The Labute approximate surface area is 152 Å². The number of hydrogen-bond donors (Lipinski definition) is 2. The Morgan fingerprint density at radius 2 is 1.58 bits per heavy atom. The summed E-state index contributed by atoms with van der Waals surface area (Å²) < 4.78 is 5.22. The van der Waals surface area contributed by atoms with Gasteiger partial charge in [0, 0.05) is 5.56 Å². The van der Waals surface area contributed by atoms with Crippen molar-refractivity contribution in [3.05, 3.63) is 77.9 Å². The van der Waals surface area contributed by atoms with E-state index < -0.39 is 5.92 Å². The largest absolute Gasteiger partial charge is 0.497 e. The van der Waals surface area contributed by atoms with Gasteiger partial charge in [0.1, 0.15) is 5.75 Å². The van der Waals surface area contributed by atoms with Crippen molar-refractivity contribution in [2.75, 3.05) is 7.11 Å². The molecule has 0 bridgehead atoms. The van der Waals surface area contributed by atoms with E-state index in [1.165, 1.54) is 0 Å². The average Bonchev–Trinajstić information content (AvgIpc) is 2.70. The highest BCUT2D eigenvalue weighted by atomic mass is 16.5. The number of methoxy groups -OCH3 is 1. The fourth-order valence-corrected chi connectivity index (χ4v) is 2.68. The van der Waals surface area contributed by atoms with Crippen molar-refractivity contribution in [3.8, 4) is 5.75 Å². The fraction of sp³-hybridized carbons (Fsp3) is 0.143. The zero-order valence-corrected chi connectivity index (χ0v) is 14.7. The third-order valence-corrected chi connectivity index (χ3v) is 4.30. The molecule has 3 aromatic carbocycles. The molecule has 0 heterocycles. The van der Waals surface area contributed by atoms with E-state index in [-0.39, 0.29) is 11.8 Å². The molecule has 0 aliphatic rings. The number of ether oxygens (including phenoxy) is 1. The van der Waals surface area contributed by atoms with Crippen LogP contribution in [0.1, 0.15) is 28.8 Å². The molecule has 132 valence electrons. The van der Waals surface area contributed by atoms with E-state index in [9.17, 15) is 9.59 Å². The SMILES string of the molecule is COc1ccc2cc([C@H](C)C(=O)NNC(=O)c3ccccc3)ccc2c1. The van der Waals surface area contributed by atoms with Crippen molar-refractivity contribution < 1.29 is 14.3 Å². The Morgan fingerprint density at radius 3 is 2.31 bits per heavy atom. The second kappa shape index (κ2) is 7.70. The Bertz CT molecular complexity index is 938. The van der Waals surface area contributed by atoms with E-state index in [2.05, 4.69) is 10.9 Å². The van der Waals surface area contributed by atoms with Gasteiger partial charge in [-0.25, -0.2) is 0 Å². The van der Waals surface area contributed by atoms with Crippen molar-refractivity contribution in [2.24, 2.45) is 0 Å². The third-order valence-electron chi connectivity index (χ3n) is 4.30. The second-order valence-electron chi connectivity index (χ2n) is 6.00. The van der Waals surface area contributed by atoms with E-state index in [0.717, 1.165) is 22.1 Å². The van der Waals surface area contributed by atoms with Crippen LogP contribution in [0.2, 0.25) is 0 Å². The van der Waals surface area contributed by atoms with Gasteiger partial charge in [-0.1, -0.05) is 42.5 Å². The predicted octanol–water partition coefficient (Wildman–Crippen LogP) is 3.41. The monoisotopic (exact) mass is 348 g/mol. The third kappa shape index (κ3) is 3.83. The lowest BCUT2D eigenvalue weighted by molar-refractivity contribution is -0.123. The zero-order chi connectivity index (χ0) is 18.5. The molecule has 3 rings (SSSR count). The van der Waals surface area contributed by atoms with Crippen LogP contribution in [-0.4, -0.2) is 18.9 Å². The summed E-state index contributed by atoms with van der Waals surface area (Å²) in [5.41, 5.74) is 6.29. The number of carbonyl (C=O) groups excluding carboxylic acids is 2. The molecule has 0 spiro atoms. The normalized spacial score (nSPS) is 11.6. The molecule has 5 heteroatoms. The summed E-state index contributed by atoms with van der Waals surface area (Å²) >= 11 is 0. The first-order valence-electron chi connectivity index (χ1n) is 8.31. The number of hydrazine groups is 1. The minimum absolute atomic E-state index is 0.276. The Morgan fingerprint density at radius 1 is 0.885 bits per heavy atom. The highest BCUT2D eigenvalue weighted by Crippen LogP contribution is 2.25. The molecule has 0 saturated carbocycles. The van der Waals surface area contributed by atoms with Gasteiger partial charge < -0.3 is 4.74 Å². The minimum Gasteiger partial charge on any atom is -0.497 e. The number of nitrogens with one attached hydrogen (secondary N) is 2. The van der Waals surface area contributed by atoms with Gasteiger partial charge in [0.25, 0.3) is 5.91 Å². The van der Waals surface area contributed by atoms with Crippen LogP contribution in [0.5, 0.6) is 5.75 Å². The van der Waals surface area contributed by atoms with E-state index >= 15 is 0 Å². The maximum absolute atomic E-state index is 12.4. The van der Waals surface area contributed by atoms with Gasteiger partial charge in [-0.3, -0.25) is 20.4 Å². The summed E-state index contributed by atoms with van der Waals surface area (Å²) in [4.78, 5) is 24.4. The van der Waals surface area contributed by atoms with Crippen LogP contribution >= 0.6 is 0 Å². The second-order valence-corrected chi connectivity index (χ2v) is 6.00. The summed E-state index contributed by atoms with van der Waals surface area (Å²) in [6.45, 7) is 1.80. The average molecular weight is 348 g/mol. The molecule has 0 fully saturated rings. The number of benzene rings is 3. The molecule has 0 unspecified atom stereocenters. The standard InChI is InChI=1S/C21H20N2O3/c1-14(20(24)22-23-21(25)15-6-4-3-5-7-15)16-8-9-18-13-19(26-2)11-10-17(18)12-16/h3-14H,1-2H3,(H,22,24)(H,23,25)/t14-/m0/s1. The molecule has 0 saturated heterocycles. The summed E-state index contributed by atoms with van der Waals surface area (Å²) in [5.74, 6) is -0.240. The topological polar surface area (TPSA) is 67.4 Å². The van der Waals surface area contributed by atoms with Crippen LogP contribution in [0.4, 0.5) is 0 Å². The lowest BCUT2D eigenvalue weighted by Crippen LogP contribution is -2.43. The number of hydrogen-bond acceptors (Lipinski definition) is 3. The summed E-state index contributed by atoms with van der Waals surface area (Å²) in [7, 11) is 1.63. The van der Waals surface area contributed by atoms with Crippen molar-refractivity contribution in [2.45, 2.75) is 12.8 Å². The van der Waals surface area contributed by atoms with Gasteiger partial charge >= 0.3 is 0 Å². The van der Waals surface area contributed by atoms with Crippen molar-refractivity contribution in [3.63, 3.8) is 0 Å². The van der Waals surface area contributed by atoms with Gasteiger partial charge in [0.2, 0.25) is 5.91 Å². The first-order chi connectivity index (χ1) is 12.6. The zero-order valence-electron chi connectivity index (χ0n) is 14.7. The van der Waals surface area contributed by atoms with Crippen LogP contribution < -0.4 is 15.6 Å². The first-order valence-corrected chi connectivity index (χ1v) is 8.31. The predicted molar refractivity (Wildman–Crippen MR) is 101 cm³/mol. The fourth-order valence-electron chi connectivity index (χ4n) is 2.68. The van der Waals surface area contributed by atoms with E-state index in [0.29, 0.717) is 5.56 Å². The molecule has 0 aromatic heterocycles. The number of fused-ring (bicyclic) bond motifs is 1. The lowest BCUT2D eigenvalue weighted by Gasteiger charge is -2.14. The number of rotatable bonds is 4. The van der Waals surface area contributed by atoms with Crippen molar-refractivity contribution >= 4 is 22.6 Å². The number of amides is 2. The molecule has 2 N–H and O–H groups in total. The molecule has 0 aliphatic carbocycles. The van der Waals surface area contributed by atoms with Crippen LogP contribution in [-0.2, 0) is 4.79 Å². The van der Waals surface area contributed by atoms with E-state index in [1.54, 1.807) is 38.3 Å². The smallest absolute Gasteiger partial charge is 0.269 e. The van der Waals surface area contributed by atoms with Gasteiger partial charge in [-0.2, -0.15) is 0 Å². The lowest BCUT2D eigenvalue weighted by atomic mass is 9.97. The Balaban J connectivity index is 1.68. The Kier molecular flexibility index (Phi) is 5.17. The molecular weight excluding hydrogens is 328 g/mol. The molecule has 0 aliphatic heterocycles. The summed E-state index contributed by atoms with van der Waals surface area (Å²) in [6.07, 6.45) is 0. The van der Waals surface area contributed by atoms with Gasteiger partial charge in [-0.15, -0.1) is 0 Å². The Hall–Kier alpha value is -3.34. The highest BCUT2D eigenvalue weighted by Gasteiger charge is 2.16. The maximum Gasteiger partial charge on any atom is 0.269 e. The summed E-state index contributed by atoms with van der Waals surface area (Å²) in [6, 6.07) is 20.4. The molecule has 5 nitrogen and oxygen atoms in total. The van der Waals surface area contributed by atoms with E-state index in [1.807, 2.05) is 42.5 Å². The number of carbonyl (C=O) groups is 2. The molecular formula is C21H20N2O3. The molecule has 0 radical (unpaired) electrons.